The number of hydrogen-bond donors (Lipinski definition) is 1. The van der Waals surface area contributed by atoms with Crippen molar-refractivity contribution >= 4 is 12.0 Å². The van der Waals surface area contributed by atoms with Gasteiger partial charge in [-0.3, -0.25) is 4.79 Å². The van der Waals surface area contributed by atoms with Crippen LogP contribution in [0.3, 0.4) is 0 Å². The van der Waals surface area contributed by atoms with E-state index < -0.39 is 5.97 Å². The van der Waals surface area contributed by atoms with Crippen molar-refractivity contribution in [1.29, 1.82) is 0 Å². The Balaban J connectivity index is 2.72. The fraction of sp³-hybridized carbons (Fsp3) is 0.846. The van der Waals surface area contributed by atoms with E-state index in [0.29, 0.717) is 13.1 Å². The first-order valence-corrected chi connectivity index (χ1v) is 6.77. The molecule has 1 saturated heterocycles. The second kappa shape index (κ2) is 6.75. The van der Waals surface area contributed by atoms with Crippen LogP contribution in [0.15, 0.2) is 0 Å². The smallest absolute Gasteiger partial charge is 0.323 e. The van der Waals surface area contributed by atoms with Crippen molar-refractivity contribution in [2.75, 3.05) is 39.8 Å². The summed E-state index contributed by atoms with van der Waals surface area (Å²) < 4.78 is 0. The molecular weight excluding hydrogens is 246 g/mol. The van der Waals surface area contributed by atoms with E-state index in [0.717, 1.165) is 13.1 Å². The maximum Gasteiger partial charge on any atom is 0.323 e. The van der Waals surface area contributed by atoms with Crippen LogP contribution in [-0.2, 0) is 4.79 Å². The lowest BCUT2D eigenvalue weighted by Crippen LogP contribution is -2.57. The number of carboxylic acids is 1. The van der Waals surface area contributed by atoms with Crippen LogP contribution < -0.4 is 0 Å². The second-order valence-corrected chi connectivity index (χ2v) is 5.76. The molecule has 6 nitrogen and oxygen atoms in total. The van der Waals surface area contributed by atoms with E-state index in [1.807, 2.05) is 27.8 Å². The Hall–Kier alpha value is -1.30. The molecule has 0 saturated carbocycles. The molecule has 2 amide bonds. The molecule has 1 fully saturated rings. The monoisotopic (exact) mass is 271 g/mol. The van der Waals surface area contributed by atoms with E-state index in [4.69, 9.17) is 5.11 Å². The summed E-state index contributed by atoms with van der Waals surface area (Å²) >= 11 is 0. The molecule has 1 aliphatic heterocycles. The number of amides is 2. The topological polar surface area (TPSA) is 64.1 Å². The van der Waals surface area contributed by atoms with E-state index >= 15 is 0 Å². The molecule has 0 aliphatic carbocycles. The Bertz CT molecular complexity index is 333. The second-order valence-electron chi connectivity index (χ2n) is 5.76. The zero-order chi connectivity index (χ0) is 14.6. The fourth-order valence-corrected chi connectivity index (χ4v) is 2.42. The molecule has 1 heterocycles. The third kappa shape index (κ3) is 4.70. The van der Waals surface area contributed by atoms with Crippen molar-refractivity contribution < 1.29 is 14.7 Å². The molecule has 0 spiro atoms. The van der Waals surface area contributed by atoms with Crippen LogP contribution in [0.4, 0.5) is 4.79 Å². The summed E-state index contributed by atoms with van der Waals surface area (Å²) in [7, 11) is 2.03. The molecule has 1 atom stereocenters. The average Bonchev–Trinajstić information content (AvgIpc) is 2.26. The zero-order valence-corrected chi connectivity index (χ0v) is 12.3. The van der Waals surface area contributed by atoms with Crippen LogP contribution in [0, 0.1) is 5.92 Å². The van der Waals surface area contributed by atoms with Gasteiger partial charge in [0, 0.05) is 32.2 Å². The van der Waals surface area contributed by atoms with Crippen molar-refractivity contribution in [1.82, 2.24) is 14.7 Å². The molecule has 0 aromatic rings. The highest BCUT2D eigenvalue weighted by Gasteiger charge is 2.30. The highest BCUT2D eigenvalue weighted by Crippen LogP contribution is 2.12. The predicted molar refractivity (Wildman–Crippen MR) is 73.1 cm³/mol. The number of urea groups is 1. The largest absolute Gasteiger partial charge is 0.480 e. The Labute approximate surface area is 115 Å². The minimum absolute atomic E-state index is 0.120. The van der Waals surface area contributed by atoms with Gasteiger partial charge < -0.3 is 19.8 Å². The van der Waals surface area contributed by atoms with Gasteiger partial charge in [0.05, 0.1) is 0 Å². The molecule has 0 bridgehead atoms. The molecular formula is C13H25N3O3. The Kier molecular flexibility index (Phi) is 5.60. The van der Waals surface area contributed by atoms with Gasteiger partial charge in [0.2, 0.25) is 0 Å². The summed E-state index contributed by atoms with van der Waals surface area (Å²) in [6.45, 7) is 8.53. The Morgan fingerprint density at radius 3 is 2.47 bits per heavy atom. The number of nitrogens with zero attached hydrogens (tertiary/aromatic N) is 3. The van der Waals surface area contributed by atoms with E-state index in [9.17, 15) is 9.59 Å². The van der Waals surface area contributed by atoms with Crippen molar-refractivity contribution in [3.63, 3.8) is 0 Å². The van der Waals surface area contributed by atoms with Crippen LogP contribution in [0.5, 0.6) is 0 Å². The summed E-state index contributed by atoms with van der Waals surface area (Å²) in [5.41, 5.74) is 0. The third-order valence-electron chi connectivity index (χ3n) is 3.26. The molecule has 0 radical (unpaired) electrons. The maximum absolute atomic E-state index is 12.5. The van der Waals surface area contributed by atoms with Gasteiger partial charge in [-0.05, 0) is 19.9 Å². The van der Waals surface area contributed by atoms with Crippen molar-refractivity contribution in [3.8, 4) is 0 Å². The van der Waals surface area contributed by atoms with E-state index in [-0.39, 0.29) is 24.5 Å². The molecule has 1 N–H and O–H groups in total. The Morgan fingerprint density at radius 1 is 1.37 bits per heavy atom. The molecule has 110 valence electrons. The number of carbonyl (C=O) groups is 2. The van der Waals surface area contributed by atoms with Gasteiger partial charge in [-0.25, -0.2) is 4.79 Å². The highest BCUT2D eigenvalue weighted by atomic mass is 16.4. The van der Waals surface area contributed by atoms with Crippen LogP contribution in [-0.4, -0.2) is 77.6 Å². The summed E-state index contributed by atoms with van der Waals surface area (Å²) in [4.78, 5) is 28.7. The number of carboxylic acid groups (broad SMARTS) is 1. The normalized spacial score (nSPS) is 20.7. The first-order valence-electron chi connectivity index (χ1n) is 6.77. The lowest BCUT2D eigenvalue weighted by molar-refractivity contribution is -0.137. The highest BCUT2D eigenvalue weighted by molar-refractivity contribution is 5.80. The standard InChI is InChI=1S/C13H25N3O3/c1-10(2)7-15(9-12(17)18)13(19)16-6-5-14(4)8-11(16)3/h10-11H,5-9H2,1-4H3,(H,17,18). The molecule has 6 heteroatoms. The minimum Gasteiger partial charge on any atom is -0.480 e. The SMILES string of the molecule is CC(C)CN(CC(=O)O)C(=O)N1CCN(C)CC1C. The molecule has 1 unspecified atom stereocenters. The zero-order valence-electron chi connectivity index (χ0n) is 12.3. The summed E-state index contributed by atoms with van der Waals surface area (Å²) in [6.07, 6.45) is 0. The van der Waals surface area contributed by atoms with E-state index in [1.165, 1.54) is 4.90 Å². The molecule has 0 aromatic heterocycles. The van der Waals surface area contributed by atoms with Gasteiger partial charge >= 0.3 is 12.0 Å². The number of hydrogen-bond acceptors (Lipinski definition) is 3. The average molecular weight is 271 g/mol. The van der Waals surface area contributed by atoms with Gasteiger partial charge in [-0.2, -0.15) is 0 Å². The number of carbonyl (C=O) groups excluding carboxylic acids is 1. The van der Waals surface area contributed by atoms with E-state index in [2.05, 4.69) is 4.90 Å². The molecule has 19 heavy (non-hydrogen) atoms. The summed E-state index contributed by atoms with van der Waals surface area (Å²) in [5.74, 6) is -0.707. The number of rotatable bonds is 4. The van der Waals surface area contributed by atoms with Crippen molar-refractivity contribution in [2.45, 2.75) is 26.8 Å². The van der Waals surface area contributed by atoms with Gasteiger partial charge in [-0.1, -0.05) is 13.8 Å². The fourth-order valence-electron chi connectivity index (χ4n) is 2.42. The van der Waals surface area contributed by atoms with Crippen molar-refractivity contribution in [3.05, 3.63) is 0 Å². The first kappa shape index (κ1) is 15.8. The Morgan fingerprint density at radius 2 is 2.00 bits per heavy atom. The lowest BCUT2D eigenvalue weighted by Gasteiger charge is -2.40. The van der Waals surface area contributed by atoms with E-state index in [1.54, 1.807) is 4.90 Å². The van der Waals surface area contributed by atoms with Gasteiger partial charge in [-0.15, -0.1) is 0 Å². The molecule has 0 aromatic carbocycles. The van der Waals surface area contributed by atoms with Crippen LogP contribution in [0.2, 0.25) is 0 Å². The van der Waals surface area contributed by atoms with Gasteiger partial charge in [0.1, 0.15) is 6.54 Å². The van der Waals surface area contributed by atoms with Gasteiger partial charge in [0.15, 0.2) is 0 Å². The quantitative estimate of drug-likeness (QED) is 0.821. The minimum atomic E-state index is -0.962. The van der Waals surface area contributed by atoms with Crippen molar-refractivity contribution in [2.24, 2.45) is 5.92 Å². The van der Waals surface area contributed by atoms with Crippen LogP contribution in [0.1, 0.15) is 20.8 Å². The first-order chi connectivity index (χ1) is 8.81. The van der Waals surface area contributed by atoms with Crippen LogP contribution in [0.25, 0.3) is 0 Å². The number of likely N-dealkylation sites (N-methyl/N-ethyl adjacent to an activating group) is 1. The predicted octanol–water partition coefficient (Wildman–Crippen LogP) is 0.785. The third-order valence-corrected chi connectivity index (χ3v) is 3.26. The maximum atomic E-state index is 12.5. The van der Waals surface area contributed by atoms with Gasteiger partial charge in [0.25, 0.3) is 0 Å². The van der Waals surface area contributed by atoms with Crippen LogP contribution >= 0.6 is 0 Å². The summed E-state index contributed by atoms with van der Waals surface area (Å²) in [5, 5.41) is 8.93. The number of piperazine rings is 1. The number of aliphatic carboxylic acids is 1. The summed E-state index contributed by atoms with van der Waals surface area (Å²) in [6, 6.07) is -0.0357. The molecule has 1 rings (SSSR count). The molecule has 1 aliphatic rings. The lowest BCUT2D eigenvalue weighted by atomic mass is 10.2.